The van der Waals surface area contributed by atoms with Gasteiger partial charge in [-0.05, 0) is 17.7 Å². The molecule has 0 aliphatic carbocycles. The van der Waals surface area contributed by atoms with Gasteiger partial charge in [-0.2, -0.15) is 13.2 Å². The van der Waals surface area contributed by atoms with Gasteiger partial charge in [0.15, 0.2) is 0 Å². The third-order valence-electron chi connectivity index (χ3n) is 1.53. The lowest BCUT2D eigenvalue weighted by Gasteiger charge is -2.07. The first-order chi connectivity index (χ1) is 5.95. The molecular formula is C9H6F4. The first-order valence-electron chi connectivity index (χ1n) is 3.44. The zero-order valence-corrected chi connectivity index (χ0v) is 6.53. The van der Waals surface area contributed by atoms with Crippen molar-refractivity contribution >= 4 is 6.08 Å². The summed E-state index contributed by atoms with van der Waals surface area (Å²) in [5, 5.41) is 0. The molecule has 0 aliphatic rings. The summed E-state index contributed by atoms with van der Waals surface area (Å²) in [7, 11) is 0. The minimum Gasteiger partial charge on any atom is -0.206 e. The van der Waals surface area contributed by atoms with Crippen molar-refractivity contribution < 1.29 is 17.6 Å². The molecule has 70 valence electrons. The molecule has 0 bridgehead atoms. The summed E-state index contributed by atoms with van der Waals surface area (Å²) in [5.41, 5.74) is -0.927. The Morgan fingerprint density at radius 1 is 1.23 bits per heavy atom. The molecule has 0 N–H and O–H groups in total. The summed E-state index contributed by atoms with van der Waals surface area (Å²) >= 11 is 0. The quantitative estimate of drug-likeness (QED) is 0.594. The average molecular weight is 190 g/mol. The molecule has 0 heterocycles. The molecule has 0 nitrogen and oxygen atoms in total. The van der Waals surface area contributed by atoms with Crippen molar-refractivity contribution in [1.82, 2.24) is 0 Å². The minimum absolute atomic E-state index is 0.325. The van der Waals surface area contributed by atoms with Crippen LogP contribution in [0.25, 0.3) is 6.08 Å². The van der Waals surface area contributed by atoms with Crippen molar-refractivity contribution in [3.63, 3.8) is 0 Å². The van der Waals surface area contributed by atoms with E-state index in [4.69, 9.17) is 0 Å². The number of hydrogen-bond donors (Lipinski definition) is 0. The topological polar surface area (TPSA) is 0 Å². The van der Waals surface area contributed by atoms with Gasteiger partial charge in [0.05, 0.1) is 5.56 Å². The van der Waals surface area contributed by atoms with E-state index in [-0.39, 0.29) is 0 Å². The van der Waals surface area contributed by atoms with E-state index in [1.807, 2.05) is 0 Å². The van der Waals surface area contributed by atoms with Crippen LogP contribution in [-0.2, 0) is 6.18 Å². The third kappa shape index (κ3) is 2.08. The fraction of sp³-hybridized carbons (Fsp3) is 0.111. The van der Waals surface area contributed by atoms with Gasteiger partial charge in [-0.15, -0.1) is 0 Å². The maximum Gasteiger partial charge on any atom is 0.419 e. The predicted molar refractivity (Wildman–Crippen MR) is 41.5 cm³/mol. The highest BCUT2D eigenvalue weighted by atomic mass is 19.4. The normalized spacial score (nSPS) is 11.4. The van der Waals surface area contributed by atoms with E-state index in [9.17, 15) is 17.6 Å². The molecule has 0 atom stereocenters. The Morgan fingerprint density at radius 2 is 1.85 bits per heavy atom. The minimum atomic E-state index is -4.64. The zero-order chi connectivity index (χ0) is 10.1. The summed E-state index contributed by atoms with van der Waals surface area (Å²) in [6.07, 6.45) is -3.35. The highest BCUT2D eigenvalue weighted by molar-refractivity contribution is 5.47. The van der Waals surface area contributed by atoms with E-state index < -0.39 is 17.6 Å². The monoisotopic (exact) mass is 190 g/mol. The second-order valence-electron chi connectivity index (χ2n) is 2.44. The average Bonchev–Trinajstić information content (AvgIpc) is 2.01. The second kappa shape index (κ2) is 3.20. The number of halogens is 4. The van der Waals surface area contributed by atoms with Crippen LogP contribution in [0.2, 0.25) is 0 Å². The fourth-order valence-electron chi connectivity index (χ4n) is 0.888. The fourth-order valence-corrected chi connectivity index (χ4v) is 0.888. The summed E-state index contributed by atoms with van der Waals surface area (Å²) in [4.78, 5) is 0. The summed E-state index contributed by atoms with van der Waals surface area (Å²) < 4.78 is 48.8. The van der Waals surface area contributed by atoms with E-state index >= 15 is 0 Å². The lowest BCUT2D eigenvalue weighted by atomic mass is 10.1. The van der Waals surface area contributed by atoms with Crippen molar-refractivity contribution in [1.29, 1.82) is 0 Å². The molecule has 0 saturated heterocycles. The van der Waals surface area contributed by atoms with Crippen molar-refractivity contribution in [2.45, 2.75) is 6.18 Å². The van der Waals surface area contributed by atoms with Gasteiger partial charge < -0.3 is 0 Å². The second-order valence-corrected chi connectivity index (χ2v) is 2.44. The summed E-state index contributed by atoms with van der Waals surface area (Å²) in [6.45, 7) is 3.32. The Bertz CT molecular complexity index is 325. The van der Waals surface area contributed by atoms with Crippen LogP contribution in [0.5, 0.6) is 0 Å². The SMILES string of the molecule is C=Cc1ccc(C(F)(F)F)c(F)c1. The lowest BCUT2D eigenvalue weighted by molar-refractivity contribution is -0.140. The molecule has 0 aromatic heterocycles. The van der Waals surface area contributed by atoms with Crippen LogP contribution >= 0.6 is 0 Å². The molecule has 0 spiro atoms. The molecule has 0 aliphatic heterocycles. The highest BCUT2D eigenvalue weighted by Gasteiger charge is 2.33. The molecule has 4 heteroatoms. The molecule has 0 saturated carbocycles. The van der Waals surface area contributed by atoms with Crippen LogP contribution in [0.3, 0.4) is 0 Å². The number of alkyl halides is 3. The molecule has 13 heavy (non-hydrogen) atoms. The molecule has 0 amide bonds. The van der Waals surface area contributed by atoms with Gasteiger partial charge in [-0.25, -0.2) is 4.39 Å². The first-order valence-corrected chi connectivity index (χ1v) is 3.44. The van der Waals surface area contributed by atoms with Crippen molar-refractivity contribution in [2.24, 2.45) is 0 Å². The Morgan fingerprint density at radius 3 is 2.23 bits per heavy atom. The van der Waals surface area contributed by atoms with Crippen LogP contribution in [0.1, 0.15) is 11.1 Å². The molecule has 1 rings (SSSR count). The van der Waals surface area contributed by atoms with Gasteiger partial charge in [0.2, 0.25) is 0 Å². The summed E-state index contributed by atoms with van der Waals surface area (Å²) in [6, 6.07) is 2.67. The first kappa shape index (κ1) is 9.77. The van der Waals surface area contributed by atoms with Gasteiger partial charge >= 0.3 is 6.18 Å². The van der Waals surface area contributed by atoms with Crippen LogP contribution in [0.4, 0.5) is 17.6 Å². The van der Waals surface area contributed by atoms with E-state index in [2.05, 4.69) is 6.58 Å². The molecule has 1 aromatic carbocycles. The van der Waals surface area contributed by atoms with Gasteiger partial charge in [-0.1, -0.05) is 18.7 Å². The lowest BCUT2D eigenvalue weighted by Crippen LogP contribution is -2.07. The standard InChI is InChI=1S/C9H6F4/c1-2-6-3-4-7(8(10)5-6)9(11,12)13/h2-5H,1H2. The number of rotatable bonds is 1. The van der Waals surface area contributed by atoms with Crippen LogP contribution in [-0.4, -0.2) is 0 Å². The van der Waals surface area contributed by atoms with E-state index in [0.717, 1.165) is 6.07 Å². The van der Waals surface area contributed by atoms with Crippen LogP contribution in [0.15, 0.2) is 24.8 Å². The van der Waals surface area contributed by atoms with E-state index in [1.54, 1.807) is 0 Å². The van der Waals surface area contributed by atoms with Gasteiger partial charge in [0, 0.05) is 0 Å². The van der Waals surface area contributed by atoms with Crippen molar-refractivity contribution in [3.8, 4) is 0 Å². The van der Waals surface area contributed by atoms with Gasteiger partial charge in [-0.3, -0.25) is 0 Å². The maximum atomic E-state index is 12.8. The number of hydrogen-bond acceptors (Lipinski definition) is 0. The van der Waals surface area contributed by atoms with Crippen LogP contribution < -0.4 is 0 Å². The number of benzene rings is 1. The Balaban J connectivity index is 3.20. The largest absolute Gasteiger partial charge is 0.419 e. The van der Waals surface area contributed by atoms with Crippen LogP contribution in [0, 0.1) is 5.82 Å². The van der Waals surface area contributed by atoms with E-state index in [0.29, 0.717) is 11.6 Å². The Hall–Kier alpha value is -1.32. The molecular weight excluding hydrogens is 184 g/mol. The molecule has 0 radical (unpaired) electrons. The molecule has 0 unspecified atom stereocenters. The molecule has 1 aromatic rings. The zero-order valence-electron chi connectivity index (χ0n) is 6.53. The smallest absolute Gasteiger partial charge is 0.206 e. The van der Waals surface area contributed by atoms with E-state index in [1.165, 1.54) is 12.1 Å². The van der Waals surface area contributed by atoms with Crippen molar-refractivity contribution in [3.05, 3.63) is 41.7 Å². The Kier molecular flexibility index (Phi) is 2.40. The summed E-state index contributed by atoms with van der Waals surface area (Å²) in [5.74, 6) is -1.27. The van der Waals surface area contributed by atoms with Gasteiger partial charge in [0.1, 0.15) is 5.82 Å². The highest BCUT2D eigenvalue weighted by Crippen LogP contribution is 2.31. The maximum absolute atomic E-state index is 12.8. The molecule has 0 fully saturated rings. The van der Waals surface area contributed by atoms with Crippen molar-refractivity contribution in [2.75, 3.05) is 0 Å². The third-order valence-corrected chi connectivity index (χ3v) is 1.53. The Labute approximate surface area is 72.5 Å². The predicted octanol–water partition coefficient (Wildman–Crippen LogP) is 3.49. The van der Waals surface area contributed by atoms with Gasteiger partial charge in [0.25, 0.3) is 0 Å².